The average Bonchev–Trinajstić information content (AvgIpc) is 3.40. The van der Waals surface area contributed by atoms with Crippen LogP contribution in [0.25, 0.3) is 0 Å². The van der Waals surface area contributed by atoms with Crippen LogP contribution < -0.4 is 0 Å². The summed E-state index contributed by atoms with van der Waals surface area (Å²) < 4.78 is 0. The number of rotatable bonds is 2. The molecular weight excluding hydrogens is 340 g/mol. The van der Waals surface area contributed by atoms with Crippen LogP contribution in [0.15, 0.2) is 47.4 Å². The third kappa shape index (κ3) is 1.16. The zero-order valence-electron chi connectivity index (χ0n) is 14.3. The zero-order valence-corrected chi connectivity index (χ0v) is 15.1. The lowest BCUT2D eigenvalue weighted by molar-refractivity contribution is -0.127. The van der Waals surface area contributed by atoms with Crippen LogP contribution in [0.5, 0.6) is 0 Å². The van der Waals surface area contributed by atoms with E-state index < -0.39 is 0 Å². The Hall–Kier alpha value is -1.35. The molecule has 8 rings (SSSR count). The summed E-state index contributed by atoms with van der Waals surface area (Å²) in [6.07, 6.45) is 4.71. The molecule has 6 saturated carbocycles. The van der Waals surface area contributed by atoms with Gasteiger partial charge in [0.1, 0.15) is 11.6 Å². The molecule has 6 fully saturated rings. The van der Waals surface area contributed by atoms with Crippen LogP contribution in [0.2, 0.25) is 0 Å². The highest BCUT2D eigenvalue weighted by atomic mass is 32.2. The minimum absolute atomic E-state index is 0.147. The quantitative estimate of drug-likeness (QED) is 0.759. The van der Waals surface area contributed by atoms with E-state index in [2.05, 4.69) is 36.4 Å². The van der Waals surface area contributed by atoms with Gasteiger partial charge in [0, 0.05) is 33.8 Å². The molecule has 2 nitrogen and oxygen atoms in total. The van der Waals surface area contributed by atoms with Gasteiger partial charge in [-0.25, -0.2) is 0 Å². The smallest absolute Gasteiger partial charge is 0.141 e. The molecule has 0 saturated heterocycles. The van der Waals surface area contributed by atoms with Crippen molar-refractivity contribution in [3.05, 3.63) is 42.5 Å². The molecule has 0 aliphatic heterocycles. The van der Waals surface area contributed by atoms with Crippen molar-refractivity contribution in [2.24, 2.45) is 71.0 Å². The second-order valence-corrected chi connectivity index (χ2v) is 11.1. The second kappa shape index (κ2) is 4.06. The monoisotopic (exact) mass is 360 g/mol. The van der Waals surface area contributed by atoms with Crippen LogP contribution in [-0.4, -0.2) is 16.8 Å². The van der Waals surface area contributed by atoms with Crippen LogP contribution in [0.4, 0.5) is 0 Å². The summed E-state index contributed by atoms with van der Waals surface area (Å²) in [5, 5.41) is 0.197. The summed E-state index contributed by atoms with van der Waals surface area (Å²) in [4.78, 5) is 28.4. The third-order valence-corrected chi connectivity index (χ3v) is 11.0. The number of benzene rings is 1. The minimum atomic E-state index is 0.147. The Labute approximate surface area is 156 Å². The van der Waals surface area contributed by atoms with E-state index in [1.807, 2.05) is 17.8 Å². The Morgan fingerprint density at radius 3 is 1.73 bits per heavy atom. The summed E-state index contributed by atoms with van der Waals surface area (Å²) in [6, 6.07) is 10.5. The van der Waals surface area contributed by atoms with Crippen molar-refractivity contribution in [1.82, 2.24) is 0 Å². The van der Waals surface area contributed by atoms with Crippen molar-refractivity contribution < 1.29 is 9.59 Å². The van der Waals surface area contributed by atoms with Gasteiger partial charge in [0.2, 0.25) is 0 Å². The van der Waals surface area contributed by atoms with Crippen molar-refractivity contribution in [3.8, 4) is 0 Å². The van der Waals surface area contributed by atoms with E-state index in [1.165, 1.54) is 4.90 Å². The van der Waals surface area contributed by atoms with Gasteiger partial charge in [0.25, 0.3) is 0 Å². The molecule has 0 spiro atoms. The van der Waals surface area contributed by atoms with Gasteiger partial charge in [-0.15, -0.1) is 11.8 Å². The Morgan fingerprint density at radius 1 is 0.615 bits per heavy atom. The van der Waals surface area contributed by atoms with Crippen molar-refractivity contribution in [1.29, 1.82) is 0 Å². The fourth-order valence-corrected chi connectivity index (χ4v) is 11.1. The standard InChI is InChI=1S/C23H20O2S/c24-21-12-9-6-7-10-11(9)14-15(12)17-18-16(14)13(10)22(25)20(18)23(19(17)21)26-8-4-2-1-3-5-8/h1-7,9-20,23H/t9-,10+,11?,12-,13-,14?,15-,16+,17+,18-,19+,20-,23?/m1/s1. The molecule has 1 aromatic carbocycles. The first-order valence-electron chi connectivity index (χ1n) is 10.2. The van der Waals surface area contributed by atoms with Gasteiger partial charge in [-0.2, -0.15) is 0 Å². The SMILES string of the molecule is O=C1[C@H]2[C@H]3C4C5[C@@H](C=C[C@@H]52)[C@H]2C(=O)[C@H]5C(Sc6ccccc6)[C@@H]1[C@H]3[C@@H]5[C@@H]42. The summed E-state index contributed by atoms with van der Waals surface area (Å²) >= 11 is 1.84. The summed E-state index contributed by atoms with van der Waals surface area (Å²) in [5.74, 6) is 6.51. The van der Waals surface area contributed by atoms with E-state index in [4.69, 9.17) is 0 Å². The number of Topliss-reactive ketones (excluding diaryl/α,β-unsaturated/α-hetero) is 2. The highest BCUT2D eigenvalue weighted by Gasteiger charge is 2.84. The molecule has 130 valence electrons. The molecule has 26 heavy (non-hydrogen) atoms. The maximum atomic E-state index is 13.6. The molecule has 0 aromatic heterocycles. The third-order valence-electron chi connectivity index (χ3n) is 9.64. The largest absolute Gasteiger partial charge is 0.299 e. The number of hydrogen-bond acceptors (Lipinski definition) is 3. The molecule has 0 N–H and O–H groups in total. The molecule has 1 aromatic rings. The minimum Gasteiger partial charge on any atom is -0.299 e. The lowest BCUT2D eigenvalue weighted by atomic mass is 9.79. The van der Waals surface area contributed by atoms with Gasteiger partial charge < -0.3 is 0 Å². The normalized spacial score (nSPS) is 60.8. The van der Waals surface area contributed by atoms with Gasteiger partial charge in [-0.3, -0.25) is 9.59 Å². The van der Waals surface area contributed by atoms with Gasteiger partial charge in [0.05, 0.1) is 0 Å². The van der Waals surface area contributed by atoms with Crippen molar-refractivity contribution in [2.45, 2.75) is 10.1 Å². The van der Waals surface area contributed by atoms with Gasteiger partial charge >= 0.3 is 0 Å². The van der Waals surface area contributed by atoms with E-state index in [0.717, 1.165) is 0 Å². The molecule has 7 aliphatic carbocycles. The Morgan fingerprint density at radius 2 is 1.15 bits per heavy atom. The zero-order chi connectivity index (χ0) is 16.9. The highest BCUT2D eigenvalue weighted by Crippen LogP contribution is 2.83. The number of fused-ring (bicyclic) bond motifs is 2. The maximum absolute atomic E-state index is 13.6. The predicted molar refractivity (Wildman–Crippen MR) is 97.1 cm³/mol. The second-order valence-electron chi connectivity index (χ2n) is 9.81. The van der Waals surface area contributed by atoms with E-state index in [1.54, 1.807) is 0 Å². The summed E-state index contributed by atoms with van der Waals surface area (Å²) in [7, 11) is 0. The first-order valence-corrected chi connectivity index (χ1v) is 11.1. The van der Waals surface area contributed by atoms with E-state index in [-0.39, 0.29) is 17.1 Å². The summed E-state index contributed by atoms with van der Waals surface area (Å²) in [6.45, 7) is 0. The summed E-state index contributed by atoms with van der Waals surface area (Å²) in [5.41, 5.74) is 0. The van der Waals surface area contributed by atoms with E-state index >= 15 is 0 Å². The Balaban J connectivity index is 1.33. The molecule has 0 radical (unpaired) electrons. The van der Waals surface area contributed by atoms with Gasteiger partial charge in [-0.05, 0) is 59.5 Å². The molecule has 0 amide bonds. The fourth-order valence-electron chi connectivity index (χ4n) is 9.60. The Kier molecular flexibility index (Phi) is 2.15. The molecule has 7 aliphatic rings. The first kappa shape index (κ1) is 13.8. The number of carbonyl (C=O) groups is 2. The highest BCUT2D eigenvalue weighted by molar-refractivity contribution is 8.00. The van der Waals surface area contributed by atoms with E-state index in [9.17, 15) is 9.59 Å². The van der Waals surface area contributed by atoms with Crippen LogP contribution in [0.1, 0.15) is 0 Å². The van der Waals surface area contributed by atoms with Gasteiger partial charge in [0.15, 0.2) is 0 Å². The van der Waals surface area contributed by atoms with E-state index in [0.29, 0.717) is 70.7 Å². The van der Waals surface area contributed by atoms with Crippen molar-refractivity contribution >= 4 is 23.3 Å². The lowest BCUT2D eigenvalue weighted by Crippen LogP contribution is -2.35. The first-order chi connectivity index (χ1) is 12.8. The number of ketones is 2. The van der Waals surface area contributed by atoms with Crippen molar-refractivity contribution in [2.75, 3.05) is 0 Å². The number of thioether (sulfide) groups is 1. The topological polar surface area (TPSA) is 34.1 Å². The van der Waals surface area contributed by atoms with Gasteiger partial charge in [-0.1, -0.05) is 30.4 Å². The van der Waals surface area contributed by atoms with Crippen LogP contribution in [-0.2, 0) is 9.59 Å². The molecule has 0 bridgehead atoms. The molecule has 0 heterocycles. The molecule has 3 unspecified atom stereocenters. The Bertz CT molecular complexity index is 869. The molecule has 13 atom stereocenters. The molecular formula is C23H20O2S. The number of hydrogen-bond donors (Lipinski definition) is 0. The number of allylic oxidation sites excluding steroid dienone is 2. The predicted octanol–water partition coefficient (Wildman–Crippen LogP) is 3.33. The fraction of sp³-hybridized carbons (Fsp3) is 0.565. The molecule has 3 heteroatoms. The van der Waals surface area contributed by atoms with Crippen LogP contribution in [0, 0.1) is 71.0 Å². The van der Waals surface area contributed by atoms with Crippen LogP contribution >= 0.6 is 11.8 Å². The average molecular weight is 360 g/mol. The number of carbonyl (C=O) groups excluding carboxylic acids is 2. The lowest BCUT2D eigenvalue weighted by Gasteiger charge is -2.28. The van der Waals surface area contributed by atoms with Crippen LogP contribution in [0.3, 0.4) is 0 Å². The van der Waals surface area contributed by atoms with Crippen molar-refractivity contribution in [3.63, 3.8) is 0 Å². The maximum Gasteiger partial charge on any atom is 0.141 e.